The highest BCUT2D eigenvalue weighted by Crippen LogP contribution is 2.34. The number of carbonyl (C=O) groups is 1. The molecule has 3 rings (SSSR count). The summed E-state index contributed by atoms with van der Waals surface area (Å²) >= 11 is 3.38. The molecule has 0 saturated carbocycles. The number of hydrogen-bond donors (Lipinski definition) is 2. The van der Waals surface area contributed by atoms with Gasteiger partial charge in [-0.05, 0) is 43.3 Å². The fourth-order valence-electron chi connectivity index (χ4n) is 2.77. The van der Waals surface area contributed by atoms with Gasteiger partial charge in [-0.15, -0.1) is 0 Å². The topological polar surface area (TPSA) is 97.2 Å². The van der Waals surface area contributed by atoms with Gasteiger partial charge in [-0.1, -0.05) is 28.1 Å². The number of carbonyl (C=O) groups excluding carboxylic acids is 1. The molecule has 0 saturated heterocycles. The maximum atomic E-state index is 12.8. The molecular weight excluding hydrogens is 481 g/mol. The number of nitro benzene ring substituents is 1. The monoisotopic (exact) mass is 494 g/mol. The van der Waals surface area contributed by atoms with Crippen LogP contribution in [0.15, 0.2) is 59.1 Å². The van der Waals surface area contributed by atoms with Crippen molar-refractivity contribution in [1.29, 1.82) is 0 Å². The number of rotatable bonds is 5. The average Bonchev–Trinajstić information content (AvgIpc) is 2.71. The molecule has 0 spiro atoms. The number of nitro groups is 1. The van der Waals surface area contributed by atoms with Crippen LogP contribution in [0.1, 0.15) is 21.6 Å². The van der Waals surface area contributed by atoms with Crippen LogP contribution in [0.3, 0.4) is 0 Å². The summed E-state index contributed by atoms with van der Waals surface area (Å²) in [4.78, 5) is 27.0. The Morgan fingerprint density at radius 2 is 1.87 bits per heavy atom. The van der Waals surface area contributed by atoms with E-state index in [2.05, 4.69) is 31.8 Å². The van der Waals surface area contributed by atoms with Crippen LogP contribution < -0.4 is 10.9 Å². The summed E-state index contributed by atoms with van der Waals surface area (Å²) in [5.74, 6) is -0.653. The summed E-state index contributed by atoms with van der Waals surface area (Å²) in [7, 11) is 0. The molecule has 0 aliphatic heterocycles. The third-order valence-electron chi connectivity index (χ3n) is 4.28. The lowest BCUT2D eigenvalue weighted by Crippen LogP contribution is -2.30. The zero-order valence-corrected chi connectivity index (χ0v) is 17.4. The molecule has 0 unspecified atom stereocenters. The van der Waals surface area contributed by atoms with Crippen LogP contribution in [0.2, 0.25) is 0 Å². The maximum Gasteiger partial charge on any atom is 0.416 e. The van der Waals surface area contributed by atoms with E-state index in [1.807, 2.05) is 24.3 Å². The van der Waals surface area contributed by atoms with Crippen molar-refractivity contribution in [3.8, 4) is 11.3 Å². The van der Waals surface area contributed by atoms with Crippen LogP contribution in [0.4, 0.5) is 24.5 Å². The van der Waals surface area contributed by atoms with Crippen LogP contribution in [0.5, 0.6) is 0 Å². The number of benzene rings is 2. The number of pyridine rings is 1. The van der Waals surface area contributed by atoms with Crippen LogP contribution in [-0.2, 0) is 6.18 Å². The fraction of sp³-hybridized carbons (Fsp3) is 0.100. The van der Waals surface area contributed by atoms with E-state index in [0.717, 1.165) is 16.1 Å². The lowest BCUT2D eigenvalue weighted by molar-refractivity contribution is -0.384. The highest BCUT2D eigenvalue weighted by atomic mass is 79.9. The van der Waals surface area contributed by atoms with Crippen molar-refractivity contribution in [2.24, 2.45) is 0 Å². The maximum absolute atomic E-state index is 12.8. The van der Waals surface area contributed by atoms with Crippen molar-refractivity contribution in [3.63, 3.8) is 0 Å². The highest BCUT2D eigenvalue weighted by Gasteiger charge is 2.33. The molecule has 2 N–H and O–H groups in total. The van der Waals surface area contributed by atoms with E-state index in [1.54, 1.807) is 13.0 Å². The molecule has 0 aliphatic carbocycles. The largest absolute Gasteiger partial charge is 0.416 e. The molecule has 0 fully saturated rings. The number of hydrazine groups is 1. The van der Waals surface area contributed by atoms with Crippen molar-refractivity contribution in [2.75, 3.05) is 5.43 Å². The Hall–Kier alpha value is -3.47. The normalized spacial score (nSPS) is 11.1. The van der Waals surface area contributed by atoms with Gasteiger partial charge >= 0.3 is 6.18 Å². The molecule has 0 aliphatic rings. The molecule has 0 radical (unpaired) electrons. The highest BCUT2D eigenvalue weighted by molar-refractivity contribution is 9.10. The Bertz CT molecular complexity index is 1170. The van der Waals surface area contributed by atoms with E-state index in [-0.39, 0.29) is 11.3 Å². The number of nitrogens with zero attached hydrogens (tertiary/aromatic N) is 2. The molecule has 160 valence electrons. The second-order valence-electron chi connectivity index (χ2n) is 6.41. The molecule has 1 aromatic heterocycles. The van der Waals surface area contributed by atoms with Gasteiger partial charge in [0.05, 0.1) is 27.4 Å². The van der Waals surface area contributed by atoms with Gasteiger partial charge in [0.1, 0.15) is 5.69 Å². The molecule has 1 heterocycles. The fourth-order valence-corrected chi connectivity index (χ4v) is 3.17. The van der Waals surface area contributed by atoms with Crippen LogP contribution in [-0.4, -0.2) is 15.8 Å². The summed E-state index contributed by atoms with van der Waals surface area (Å²) < 4.78 is 39.3. The Kier molecular flexibility index (Phi) is 6.25. The molecular formula is C20H14BrF3N4O3. The Labute approximate surface area is 182 Å². The van der Waals surface area contributed by atoms with Crippen molar-refractivity contribution in [2.45, 2.75) is 13.1 Å². The van der Waals surface area contributed by atoms with E-state index < -0.39 is 28.3 Å². The van der Waals surface area contributed by atoms with Gasteiger partial charge in [-0.3, -0.25) is 30.7 Å². The number of alkyl halides is 3. The Morgan fingerprint density at radius 3 is 2.48 bits per heavy atom. The number of anilines is 1. The van der Waals surface area contributed by atoms with Crippen molar-refractivity contribution >= 4 is 33.2 Å². The first-order chi connectivity index (χ1) is 14.6. The van der Waals surface area contributed by atoms with Gasteiger partial charge in [0.15, 0.2) is 0 Å². The number of amides is 1. The van der Waals surface area contributed by atoms with E-state index in [4.69, 9.17) is 0 Å². The van der Waals surface area contributed by atoms with Gasteiger partial charge in [-0.2, -0.15) is 13.2 Å². The summed E-state index contributed by atoms with van der Waals surface area (Å²) in [5, 5.41) is 11.1. The Balaban J connectivity index is 1.79. The summed E-state index contributed by atoms with van der Waals surface area (Å²) in [5.41, 5.74) is 4.36. The first-order valence-corrected chi connectivity index (χ1v) is 9.51. The minimum absolute atomic E-state index is 0.195. The van der Waals surface area contributed by atoms with Crippen molar-refractivity contribution in [1.82, 2.24) is 10.4 Å². The first kappa shape index (κ1) is 22.2. The predicted molar refractivity (Wildman–Crippen MR) is 111 cm³/mol. The second-order valence-corrected chi connectivity index (χ2v) is 7.32. The van der Waals surface area contributed by atoms with Gasteiger partial charge in [0.25, 0.3) is 11.6 Å². The molecule has 31 heavy (non-hydrogen) atoms. The van der Waals surface area contributed by atoms with Gasteiger partial charge in [0, 0.05) is 16.1 Å². The molecule has 0 atom stereocenters. The zero-order valence-electron chi connectivity index (χ0n) is 15.8. The molecule has 11 heteroatoms. The van der Waals surface area contributed by atoms with E-state index in [0.29, 0.717) is 23.5 Å². The zero-order chi connectivity index (χ0) is 22.8. The number of aromatic nitrogens is 1. The molecule has 2 aromatic carbocycles. The van der Waals surface area contributed by atoms with E-state index in [1.165, 1.54) is 6.07 Å². The first-order valence-electron chi connectivity index (χ1n) is 8.72. The summed E-state index contributed by atoms with van der Waals surface area (Å²) in [6.07, 6.45) is -4.73. The lowest BCUT2D eigenvalue weighted by atomic mass is 10.1. The number of halogens is 4. The summed E-state index contributed by atoms with van der Waals surface area (Å²) in [6.45, 7) is 1.62. The van der Waals surface area contributed by atoms with Crippen LogP contribution >= 0.6 is 15.9 Å². The third-order valence-corrected chi connectivity index (χ3v) is 4.78. The minimum atomic E-state index is -4.73. The van der Waals surface area contributed by atoms with Gasteiger partial charge < -0.3 is 0 Å². The number of nitrogens with one attached hydrogen (secondary N) is 2. The SMILES string of the molecule is Cc1nc(-c2cccc(Br)c2)ccc1C(=O)NNc1ccc(C(F)(F)F)cc1[N+](=O)[O-]. The van der Waals surface area contributed by atoms with Crippen LogP contribution in [0, 0.1) is 17.0 Å². The minimum Gasteiger partial charge on any atom is -0.292 e. The number of hydrogen-bond acceptors (Lipinski definition) is 5. The average molecular weight is 495 g/mol. The van der Waals surface area contributed by atoms with Gasteiger partial charge in [-0.25, -0.2) is 0 Å². The summed E-state index contributed by atoms with van der Waals surface area (Å²) in [6, 6.07) is 12.6. The van der Waals surface area contributed by atoms with Crippen LogP contribution in [0.25, 0.3) is 11.3 Å². The predicted octanol–water partition coefficient (Wildman–Crippen LogP) is 5.50. The molecule has 3 aromatic rings. The van der Waals surface area contributed by atoms with E-state index in [9.17, 15) is 28.1 Å². The van der Waals surface area contributed by atoms with E-state index >= 15 is 0 Å². The third kappa shape index (κ3) is 5.18. The molecule has 1 amide bonds. The number of aryl methyl sites for hydroxylation is 1. The standard InChI is InChI=1S/C20H14BrF3N4O3/c1-11-15(6-8-16(25-11)12-3-2-4-14(21)9-12)19(29)27-26-17-7-5-13(20(22,23)24)10-18(17)28(30)31/h2-10,26H,1H3,(H,27,29). The van der Waals surface area contributed by atoms with Gasteiger partial charge in [0.2, 0.25) is 0 Å². The molecule has 0 bridgehead atoms. The second kappa shape index (κ2) is 8.72. The lowest BCUT2D eigenvalue weighted by Gasteiger charge is -2.12. The Morgan fingerprint density at radius 1 is 1.13 bits per heavy atom. The quantitative estimate of drug-likeness (QED) is 0.360. The van der Waals surface area contributed by atoms with Crippen molar-refractivity contribution < 1.29 is 22.9 Å². The van der Waals surface area contributed by atoms with Crippen molar-refractivity contribution in [3.05, 3.63) is 86.0 Å². The molecule has 7 nitrogen and oxygen atoms in total. The smallest absolute Gasteiger partial charge is 0.292 e.